The van der Waals surface area contributed by atoms with Gasteiger partial charge in [-0.3, -0.25) is 4.79 Å². The van der Waals surface area contributed by atoms with Crippen molar-refractivity contribution in [1.82, 2.24) is 4.90 Å². The third-order valence-electron chi connectivity index (χ3n) is 3.93. The number of thioether (sulfide) groups is 1. The van der Waals surface area contributed by atoms with Gasteiger partial charge in [-0.25, -0.2) is 0 Å². The summed E-state index contributed by atoms with van der Waals surface area (Å²) in [4.78, 5) is 14.5. The van der Waals surface area contributed by atoms with Gasteiger partial charge in [0.1, 0.15) is 0 Å². The van der Waals surface area contributed by atoms with Crippen LogP contribution in [-0.4, -0.2) is 53.7 Å². The van der Waals surface area contributed by atoms with Crippen LogP contribution in [0.4, 0.5) is 5.69 Å². The van der Waals surface area contributed by atoms with Crippen molar-refractivity contribution in [2.75, 3.05) is 43.1 Å². The van der Waals surface area contributed by atoms with Crippen molar-refractivity contribution in [3.8, 4) is 0 Å². The van der Waals surface area contributed by atoms with Gasteiger partial charge in [-0.05, 0) is 43.9 Å². The standard InChI is InChI=1S/C17H26N2O2S/c1-14-5-6-15(17(21)19-8-11-22-12-9-19)13-16(14)18-7-3-2-4-10-20/h5-6,13,18,20H,2-4,7-12H2,1H3. The molecule has 1 amide bonds. The first kappa shape index (κ1) is 17.2. The summed E-state index contributed by atoms with van der Waals surface area (Å²) in [6, 6.07) is 5.92. The lowest BCUT2D eigenvalue weighted by molar-refractivity contribution is 0.0772. The fourth-order valence-electron chi connectivity index (χ4n) is 2.53. The first-order valence-corrected chi connectivity index (χ1v) is 9.20. The zero-order valence-corrected chi connectivity index (χ0v) is 14.1. The Morgan fingerprint density at radius 1 is 1.27 bits per heavy atom. The number of unbranched alkanes of at least 4 members (excludes halogenated alkanes) is 2. The van der Waals surface area contributed by atoms with Gasteiger partial charge in [0.25, 0.3) is 5.91 Å². The first-order valence-electron chi connectivity index (χ1n) is 8.05. The van der Waals surface area contributed by atoms with Crippen molar-refractivity contribution in [2.45, 2.75) is 26.2 Å². The monoisotopic (exact) mass is 322 g/mol. The highest BCUT2D eigenvalue weighted by Gasteiger charge is 2.18. The summed E-state index contributed by atoms with van der Waals surface area (Å²) in [5.41, 5.74) is 2.98. The average molecular weight is 322 g/mol. The molecule has 0 aromatic heterocycles. The van der Waals surface area contributed by atoms with E-state index in [4.69, 9.17) is 5.11 Å². The fourth-order valence-corrected chi connectivity index (χ4v) is 3.43. The van der Waals surface area contributed by atoms with Crippen LogP contribution >= 0.6 is 11.8 Å². The summed E-state index contributed by atoms with van der Waals surface area (Å²) in [5, 5.41) is 12.2. The highest BCUT2D eigenvalue weighted by molar-refractivity contribution is 7.99. The van der Waals surface area contributed by atoms with Crippen LogP contribution in [0.15, 0.2) is 18.2 Å². The van der Waals surface area contributed by atoms with Gasteiger partial charge in [-0.1, -0.05) is 6.07 Å². The van der Waals surface area contributed by atoms with Gasteiger partial charge in [0, 0.05) is 49.0 Å². The van der Waals surface area contributed by atoms with Gasteiger partial charge in [-0.15, -0.1) is 0 Å². The SMILES string of the molecule is Cc1ccc(C(=O)N2CCSCC2)cc1NCCCCCO. The second kappa shape index (κ2) is 9.06. The smallest absolute Gasteiger partial charge is 0.253 e. The number of aliphatic hydroxyl groups is 1. The Hall–Kier alpha value is -1.20. The van der Waals surface area contributed by atoms with Crippen LogP contribution < -0.4 is 5.32 Å². The quantitative estimate of drug-likeness (QED) is 0.758. The van der Waals surface area contributed by atoms with Crippen LogP contribution in [0.3, 0.4) is 0 Å². The van der Waals surface area contributed by atoms with E-state index in [1.165, 1.54) is 0 Å². The van der Waals surface area contributed by atoms with Crippen LogP contribution in [-0.2, 0) is 0 Å². The number of hydrogen-bond acceptors (Lipinski definition) is 4. The van der Waals surface area contributed by atoms with Crippen molar-refractivity contribution in [3.05, 3.63) is 29.3 Å². The normalized spacial score (nSPS) is 14.9. The van der Waals surface area contributed by atoms with Crippen molar-refractivity contribution >= 4 is 23.4 Å². The number of carbonyl (C=O) groups is 1. The largest absolute Gasteiger partial charge is 0.396 e. The van der Waals surface area contributed by atoms with E-state index in [1.54, 1.807) is 0 Å². The van der Waals surface area contributed by atoms with E-state index in [0.717, 1.165) is 67.2 Å². The average Bonchev–Trinajstić information content (AvgIpc) is 2.56. The van der Waals surface area contributed by atoms with E-state index >= 15 is 0 Å². The minimum Gasteiger partial charge on any atom is -0.396 e. The summed E-state index contributed by atoms with van der Waals surface area (Å²) in [6.45, 7) is 4.89. The second-order valence-electron chi connectivity index (χ2n) is 5.65. The van der Waals surface area contributed by atoms with Crippen molar-refractivity contribution in [1.29, 1.82) is 0 Å². The lowest BCUT2D eigenvalue weighted by Crippen LogP contribution is -2.37. The molecule has 0 radical (unpaired) electrons. The molecule has 0 saturated carbocycles. The number of nitrogens with one attached hydrogen (secondary N) is 1. The third kappa shape index (κ3) is 4.92. The Balaban J connectivity index is 1.95. The Labute approximate surface area is 137 Å². The summed E-state index contributed by atoms with van der Waals surface area (Å²) < 4.78 is 0. The molecule has 4 nitrogen and oxygen atoms in total. The highest BCUT2D eigenvalue weighted by Crippen LogP contribution is 2.20. The summed E-state index contributed by atoms with van der Waals surface area (Å²) in [5.74, 6) is 2.21. The van der Waals surface area contributed by atoms with Crippen LogP contribution in [0.5, 0.6) is 0 Å². The molecule has 0 spiro atoms. The predicted molar refractivity (Wildman–Crippen MR) is 93.8 cm³/mol. The number of hydrogen-bond donors (Lipinski definition) is 2. The molecule has 1 aliphatic rings. The van der Waals surface area contributed by atoms with Crippen LogP contribution in [0.25, 0.3) is 0 Å². The Morgan fingerprint density at radius 2 is 2.05 bits per heavy atom. The number of amides is 1. The molecule has 0 bridgehead atoms. The molecule has 1 aliphatic heterocycles. The maximum atomic E-state index is 12.5. The van der Waals surface area contributed by atoms with Crippen molar-refractivity contribution in [3.63, 3.8) is 0 Å². The highest BCUT2D eigenvalue weighted by atomic mass is 32.2. The van der Waals surface area contributed by atoms with E-state index in [9.17, 15) is 4.79 Å². The number of aliphatic hydroxyl groups excluding tert-OH is 1. The molecule has 0 atom stereocenters. The predicted octanol–water partition coefficient (Wildman–Crippen LogP) is 2.76. The van der Waals surface area contributed by atoms with Gasteiger partial charge >= 0.3 is 0 Å². The lowest BCUT2D eigenvalue weighted by Gasteiger charge is -2.26. The maximum Gasteiger partial charge on any atom is 0.253 e. The van der Waals surface area contributed by atoms with Gasteiger partial charge in [0.2, 0.25) is 0 Å². The summed E-state index contributed by atoms with van der Waals surface area (Å²) in [6.07, 6.45) is 2.90. The Morgan fingerprint density at radius 3 is 2.77 bits per heavy atom. The van der Waals surface area contributed by atoms with E-state index in [0.29, 0.717) is 0 Å². The molecule has 0 unspecified atom stereocenters. The molecular formula is C17H26N2O2S. The van der Waals surface area contributed by atoms with E-state index in [1.807, 2.05) is 34.9 Å². The molecule has 22 heavy (non-hydrogen) atoms. The second-order valence-corrected chi connectivity index (χ2v) is 6.87. The minimum absolute atomic E-state index is 0.142. The minimum atomic E-state index is 0.142. The van der Waals surface area contributed by atoms with Crippen LogP contribution in [0, 0.1) is 6.92 Å². The molecule has 2 N–H and O–H groups in total. The molecule has 5 heteroatoms. The molecule has 1 fully saturated rings. The maximum absolute atomic E-state index is 12.5. The lowest BCUT2D eigenvalue weighted by atomic mass is 10.1. The molecule has 2 rings (SSSR count). The van der Waals surface area contributed by atoms with E-state index < -0.39 is 0 Å². The molecule has 1 aromatic rings. The van der Waals surface area contributed by atoms with Gasteiger partial charge in [0.15, 0.2) is 0 Å². The molecule has 0 aliphatic carbocycles. The van der Waals surface area contributed by atoms with Gasteiger partial charge in [-0.2, -0.15) is 11.8 Å². The Kier molecular flexibility index (Phi) is 7.06. The van der Waals surface area contributed by atoms with Crippen LogP contribution in [0.1, 0.15) is 35.2 Å². The Bertz CT molecular complexity index is 488. The zero-order valence-electron chi connectivity index (χ0n) is 13.3. The summed E-state index contributed by atoms with van der Waals surface area (Å²) >= 11 is 1.91. The summed E-state index contributed by atoms with van der Waals surface area (Å²) in [7, 11) is 0. The van der Waals surface area contributed by atoms with Crippen LogP contribution in [0.2, 0.25) is 0 Å². The van der Waals surface area contributed by atoms with Crippen molar-refractivity contribution in [2.24, 2.45) is 0 Å². The molecule has 1 aromatic carbocycles. The number of nitrogens with zero attached hydrogens (tertiary/aromatic N) is 1. The molecule has 1 heterocycles. The van der Waals surface area contributed by atoms with Gasteiger partial charge in [0.05, 0.1) is 0 Å². The number of benzene rings is 1. The molecule has 1 saturated heterocycles. The zero-order chi connectivity index (χ0) is 15.8. The third-order valence-corrected chi connectivity index (χ3v) is 4.88. The fraction of sp³-hybridized carbons (Fsp3) is 0.588. The number of carbonyl (C=O) groups excluding carboxylic acids is 1. The first-order chi connectivity index (χ1) is 10.7. The van der Waals surface area contributed by atoms with Gasteiger partial charge < -0.3 is 15.3 Å². The van der Waals surface area contributed by atoms with Crippen molar-refractivity contribution < 1.29 is 9.90 Å². The molecular weight excluding hydrogens is 296 g/mol. The van der Waals surface area contributed by atoms with E-state index in [-0.39, 0.29) is 12.5 Å². The number of anilines is 1. The topological polar surface area (TPSA) is 52.6 Å². The number of aryl methyl sites for hydroxylation is 1. The molecule has 122 valence electrons. The number of rotatable bonds is 7. The van der Waals surface area contributed by atoms with E-state index in [2.05, 4.69) is 12.2 Å².